The van der Waals surface area contributed by atoms with Gasteiger partial charge in [0.1, 0.15) is 5.69 Å². The first-order valence-electron chi connectivity index (χ1n) is 6.72. The molecule has 0 radical (unpaired) electrons. The van der Waals surface area contributed by atoms with Crippen LogP contribution in [0.5, 0.6) is 0 Å². The van der Waals surface area contributed by atoms with E-state index in [1.165, 1.54) is 0 Å². The Hall–Kier alpha value is -2.00. The van der Waals surface area contributed by atoms with Gasteiger partial charge in [0, 0.05) is 25.2 Å². The summed E-state index contributed by atoms with van der Waals surface area (Å²) in [5, 5.41) is 11.3. The van der Waals surface area contributed by atoms with Crippen molar-refractivity contribution in [2.75, 3.05) is 37.0 Å². The van der Waals surface area contributed by atoms with Gasteiger partial charge in [0.2, 0.25) is 11.8 Å². The molecule has 2 heterocycles. The van der Waals surface area contributed by atoms with Gasteiger partial charge >= 0.3 is 5.69 Å². The van der Waals surface area contributed by atoms with Gasteiger partial charge in [-0.25, -0.2) is 10.8 Å². The second-order valence-electron chi connectivity index (χ2n) is 5.86. The number of likely N-dealkylation sites (N-methyl/N-ethyl adjacent to an activating group) is 1. The summed E-state index contributed by atoms with van der Waals surface area (Å²) in [7, 11) is 2.05. The zero-order valence-corrected chi connectivity index (χ0v) is 12.8. The molecule has 0 amide bonds. The Kier molecular flexibility index (Phi) is 3.97. The summed E-state index contributed by atoms with van der Waals surface area (Å²) in [5.41, 5.74) is 2.50. The smallest absolute Gasteiger partial charge is 0.332 e. The Morgan fingerprint density at radius 2 is 2.05 bits per heavy atom. The number of nitrogens with one attached hydrogen (secondary N) is 1. The third-order valence-electron chi connectivity index (χ3n) is 3.97. The second kappa shape index (κ2) is 5.41. The molecule has 9 heteroatoms. The van der Waals surface area contributed by atoms with Gasteiger partial charge in [-0.05, 0) is 27.8 Å². The number of aromatic nitrogens is 2. The largest absolute Gasteiger partial charge is 0.348 e. The first kappa shape index (κ1) is 15.4. The fraction of sp³-hybridized carbons (Fsp3) is 0.667. The van der Waals surface area contributed by atoms with Crippen LogP contribution in [-0.4, -0.2) is 52.0 Å². The molecule has 21 heavy (non-hydrogen) atoms. The molecule has 0 unspecified atom stereocenters. The van der Waals surface area contributed by atoms with Crippen LogP contribution in [0.2, 0.25) is 0 Å². The molecule has 1 aromatic rings. The number of anilines is 2. The average molecular weight is 295 g/mol. The Bertz CT molecular complexity index is 561. The third-order valence-corrected chi connectivity index (χ3v) is 3.97. The Balaban J connectivity index is 2.47. The minimum atomic E-state index is -0.434. The van der Waals surface area contributed by atoms with Crippen molar-refractivity contribution in [1.82, 2.24) is 14.9 Å². The van der Waals surface area contributed by atoms with Gasteiger partial charge in [-0.1, -0.05) is 0 Å². The molecule has 3 N–H and O–H groups in total. The van der Waals surface area contributed by atoms with Gasteiger partial charge in [-0.15, -0.1) is 0 Å². The molecule has 9 nitrogen and oxygen atoms in total. The molecule has 1 saturated heterocycles. The molecule has 0 atom stereocenters. The van der Waals surface area contributed by atoms with E-state index in [2.05, 4.69) is 34.1 Å². The zero-order valence-electron chi connectivity index (χ0n) is 12.8. The van der Waals surface area contributed by atoms with Crippen molar-refractivity contribution in [3.8, 4) is 0 Å². The molecule has 0 aliphatic carbocycles. The molecule has 0 spiro atoms. The van der Waals surface area contributed by atoms with Crippen molar-refractivity contribution in [3.05, 3.63) is 15.8 Å². The highest BCUT2D eigenvalue weighted by Gasteiger charge is 2.35. The zero-order chi connectivity index (χ0) is 15.8. The van der Waals surface area contributed by atoms with Crippen LogP contribution in [0.3, 0.4) is 0 Å². The number of hydrogen-bond acceptors (Lipinski definition) is 8. The van der Waals surface area contributed by atoms with E-state index >= 15 is 0 Å². The van der Waals surface area contributed by atoms with E-state index < -0.39 is 4.92 Å². The van der Waals surface area contributed by atoms with E-state index in [-0.39, 0.29) is 17.2 Å². The summed E-state index contributed by atoms with van der Waals surface area (Å²) >= 11 is 0. The number of hydrazine groups is 1. The molecule has 0 saturated carbocycles. The lowest BCUT2D eigenvalue weighted by atomic mass is 9.99. The normalized spacial score (nSPS) is 18.6. The first-order valence-corrected chi connectivity index (χ1v) is 6.72. The molecule has 1 aromatic heterocycles. The van der Waals surface area contributed by atoms with Crippen LogP contribution in [0.25, 0.3) is 0 Å². The molecular weight excluding hydrogens is 274 g/mol. The summed E-state index contributed by atoms with van der Waals surface area (Å²) in [6.07, 6.45) is 0. The fourth-order valence-corrected chi connectivity index (χ4v) is 2.47. The van der Waals surface area contributed by atoms with Crippen molar-refractivity contribution in [1.29, 1.82) is 0 Å². The Labute approximate surface area is 123 Å². The molecular formula is C12H21N7O2. The Morgan fingerprint density at radius 3 is 2.57 bits per heavy atom. The van der Waals surface area contributed by atoms with Crippen LogP contribution in [0, 0.1) is 17.0 Å². The summed E-state index contributed by atoms with van der Waals surface area (Å²) in [6, 6.07) is 0. The van der Waals surface area contributed by atoms with Gasteiger partial charge in [-0.2, -0.15) is 4.98 Å². The van der Waals surface area contributed by atoms with Crippen molar-refractivity contribution in [3.63, 3.8) is 0 Å². The number of nitrogens with zero attached hydrogens (tertiary/aromatic N) is 5. The molecule has 0 aromatic carbocycles. The second-order valence-corrected chi connectivity index (χ2v) is 5.86. The fourth-order valence-electron chi connectivity index (χ4n) is 2.47. The van der Waals surface area contributed by atoms with Crippen LogP contribution in [-0.2, 0) is 0 Å². The van der Waals surface area contributed by atoms with E-state index in [0.29, 0.717) is 24.6 Å². The van der Waals surface area contributed by atoms with Crippen molar-refractivity contribution < 1.29 is 4.92 Å². The minimum Gasteiger partial charge on any atom is -0.348 e. The number of nitrogen functional groups attached to an aromatic ring is 1. The molecule has 1 aliphatic rings. The van der Waals surface area contributed by atoms with Gasteiger partial charge in [0.15, 0.2) is 0 Å². The van der Waals surface area contributed by atoms with E-state index in [9.17, 15) is 10.1 Å². The lowest BCUT2D eigenvalue weighted by Crippen LogP contribution is -2.58. The van der Waals surface area contributed by atoms with Gasteiger partial charge < -0.3 is 4.90 Å². The van der Waals surface area contributed by atoms with Crippen molar-refractivity contribution in [2.45, 2.75) is 26.3 Å². The SMILES string of the molecule is Cc1nc(NN)nc(N2CCN(C)C(C)(C)C2)c1[N+](=O)[O-]. The van der Waals surface area contributed by atoms with Gasteiger partial charge in [0.05, 0.1) is 4.92 Å². The van der Waals surface area contributed by atoms with E-state index in [1.54, 1.807) is 6.92 Å². The summed E-state index contributed by atoms with van der Waals surface area (Å²) < 4.78 is 0. The molecule has 0 bridgehead atoms. The third kappa shape index (κ3) is 2.88. The number of nitro groups is 1. The molecule has 1 fully saturated rings. The van der Waals surface area contributed by atoms with Crippen LogP contribution in [0.4, 0.5) is 17.5 Å². The lowest BCUT2D eigenvalue weighted by Gasteiger charge is -2.45. The summed E-state index contributed by atoms with van der Waals surface area (Å²) in [5.74, 6) is 5.85. The van der Waals surface area contributed by atoms with E-state index in [0.717, 1.165) is 6.54 Å². The number of rotatable bonds is 3. The number of hydrogen-bond donors (Lipinski definition) is 2. The van der Waals surface area contributed by atoms with Crippen molar-refractivity contribution >= 4 is 17.5 Å². The van der Waals surface area contributed by atoms with Crippen LogP contribution < -0.4 is 16.2 Å². The maximum absolute atomic E-state index is 11.3. The highest BCUT2D eigenvalue weighted by atomic mass is 16.6. The van der Waals surface area contributed by atoms with E-state index in [4.69, 9.17) is 5.84 Å². The molecule has 2 rings (SSSR count). The van der Waals surface area contributed by atoms with Gasteiger partial charge in [-0.3, -0.25) is 20.4 Å². The quantitative estimate of drug-likeness (QED) is 0.471. The molecule has 1 aliphatic heterocycles. The maximum Gasteiger partial charge on any atom is 0.332 e. The summed E-state index contributed by atoms with van der Waals surface area (Å²) in [6.45, 7) is 7.90. The number of piperazine rings is 1. The lowest BCUT2D eigenvalue weighted by molar-refractivity contribution is -0.385. The topological polar surface area (TPSA) is 113 Å². The maximum atomic E-state index is 11.3. The minimum absolute atomic E-state index is 0.0608. The monoisotopic (exact) mass is 295 g/mol. The Morgan fingerprint density at radius 1 is 1.38 bits per heavy atom. The van der Waals surface area contributed by atoms with Crippen molar-refractivity contribution in [2.24, 2.45) is 5.84 Å². The highest BCUT2D eigenvalue weighted by Crippen LogP contribution is 2.32. The summed E-state index contributed by atoms with van der Waals surface area (Å²) in [4.78, 5) is 23.3. The predicted molar refractivity (Wildman–Crippen MR) is 80.2 cm³/mol. The highest BCUT2D eigenvalue weighted by molar-refractivity contribution is 5.62. The van der Waals surface area contributed by atoms with Crippen LogP contribution in [0.1, 0.15) is 19.5 Å². The van der Waals surface area contributed by atoms with Crippen LogP contribution in [0.15, 0.2) is 0 Å². The average Bonchev–Trinajstić information content (AvgIpc) is 2.40. The number of aryl methyl sites for hydroxylation is 1. The molecule has 116 valence electrons. The number of nitrogens with two attached hydrogens (primary N) is 1. The first-order chi connectivity index (χ1) is 9.76. The standard InChI is InChI=1S/C12H21N7O2/c1-8-9(19(20)21)10(15-11(14-8)16-13)18-6-5-17(4)12(2,3)7-18/h5-7,13H2,1-4H3,(H,14,15,16). The van der Waals surface area contributed by atoms with Crippen LogP contribution >= 0.6 is 0 Å². The van der Waals surface area contributed by atoms with E-state index in [1.807, 2.05) is 11.9 Å². The van der Waals surface area contributed by atoms with Gasteiger partial charge in [0.25, 0.3) is 0 Å². The predicted octanol–water partition coefficient (Wildman–Crippen LogP) is 0.509.